The first-order valence-electron chi connectivity index (χ1n) is 7.76. The van der Waals surface area contributed by atoms with Gasteiger partial charge in [-0.3, -0.25) is 15.0 Å². The Labute approximate surface area is 144 Å². The van der Waals surface area contributed by atoms with E-state index in [-0.39, 0.29) is 18.7 Å². The van der Waals surface area contributed by atoms with Crippen LogP contribution in [0.25, 0.3) is 0 Å². The van der Waals surface area contributed by atoms with Crippen molar-refractivity contribution in [2.75, 3.05) is 25.0 Å². The van der Waals surface area contributed by atoms with Crippen molar-refractivity contribution in [3.05, 3.63) is 29.8 Å². The predicted molar refractivity (Wildman–Crippen MR) is 87.1 cm³/mol. The molecular weight excluding hydrogens is 330 g/mol. The van der Waals surface area contributed by atoms with Crippen LogP contribution >= 0.6 is 0 Å². The molecule has 2 N–H and O–H groups in total. The van der Waals surface area contributed by atoms with Crippen LogP contribution in [-0.2, 0) is 14.3 Å². The van der Waals surface area contributed by atoms with E-state index >= 15 is 0 Å². The first kappa shape index (κ1) is 18.2. The third kappa shape index (κ3) is 4.69. The van der Waals surface area contributed by atoms with Crippen molar-refractivity contribution in [2.24, 2.45) is 0 Å². The molecule has 1 heterocycles. The Morgan fingerprint density at radius 2 is 2.12 bits per heavy atom. The zero-order valence-corrected chi connectivity index (χ0v) is 13.9. The van der Waals surface area contributed by atoms with Crippen LogP contribution in [0.2, 0.25) is 0 Å². The normalized spacial score (nSPS) is 14.5. The highest BCUT2D eigenvalue weighted by atomic mass is 16.6. The van der Waals surface area contributed by atoms with Gasteiger partial charge >= 0.3 is 18.1 Å². The summed E-state index contributed by atoms with van der Waals surface area (Å²) >= 11 is 0. The van der Waals surface area contributed by atoms with Crippen molar-refractivity contribution in [2.45, 2.75) is 20.0 Å². The maximum atomic E-state index is 12.2. The molecule has 1 aliphatic heterocycles. The number of urea groups is 1. The lowest BCUT2D eigenvalue weighted by Gasteiger charge is -2.18. The number of nitrogens with one attached hydrogen (secondary N) is 2. The Hall–Kier alpha value is -3.10. The second kappa shape index (κ2) is 8.13. The van der Waals surface area contributed by atoms with E-state index in [4.69, 9.17) is 9.47 Å². The highest BCUT2D eigenvalue weighted by molar-refractivity contribution is 5.99. The molecule has 1 aromatic rings. The van der Waals surface area contributed by atoms with Crippen LogP contribution in [0.1, 0.15) is 24.2 Å². The standard InChI is InChI=1S/C16H19N3O6/c1-3-24-16(23)18-12-6-4-5-11(9-12)14(21)25-10(2)13(20)19-8-7-17-15(19)22/h4-6,9-10H,3,7-8H2,1-2H3,(H,17,22)(H,18,23)/t10-/m1/s1. The van der Waals surface area contributed by atoms with E-state index in [1.54, 1.807) is 19.1 Å². The molecule has 0 saturated carbocycles. The Bertz CT molecular complexity index is 690. The number of hydrogen-bond donors (Lipinski definition) is 2. The lowest BCUT2D eigenvalue weighted by molar-refractivity contribution is -0.136. The fourth-order valence-electron chi connectivity index (χ4n) is 2.19. The van der Waals surface area contributed by atoms with Gasteiger partial charge in [-0.25, -0.2) is 14.4 Å². The highest BCUT2D eigenvalue weighted by Crippen LogP contribution is 2.14. The second-order valence-corrected chi connectivity index (χ2v) is 5.20. The molecule has 1 aliphatic rings. The molecule has 2 rings (SSSR count). The topological polar surface area (TPSA) is 114 Å². The van der Waals surface area contributed by atoms with Crippen molar-refractivity contribution in [1.29, 1.82) is 0 Å². The third-order valence-corrected chi connectivity index (χ3v) is 3.37. The summed E-state index contributed by atoms with van der Waals surface area (Å²) in [5.74, 6) is -1.34. The SMILES string of the molecule is CCOC(=O)Nc1cccc(C(=O)O[C@H](C)C(=O)N2CCNC2=O)c1. The predicted octanol–water partition coefficient (Wildman–Crippen LogP) is 1.35. The molecule has 0 bridgehead atoms. The van der Waals surface area contributed by atoms with E-state index in [1.807, 2.05) is 0 Å². The summed E-state index contributed by atoms with van der Waals surface area (Å²) in [4.78, 5) is 48.2. The molecule has 0 spiro atoms. The molecule has 1 aromatic carbocycles. The largest absolute Gasteiger partial charge is 0.450 e. The minimum absolute atomic E-state index is 0.153. The minimum Gasteiger partial charge on any atom is -0.450 e. The van der Waals surface area contributed by atoms with E-state index in [2.05, 4.69) is 10.6 Å². The summed E-state index contributed by atoms with van der Waals surface area (Å²) < 4.78 is 9.87. The molecule has 0 radical (unpaired) electrons. The summed E-state index contributed by atoms with van der Waals surface area (Å²) in [5, 5.41) is 4.97. The van der Waals surface area contributed by atoms with E-state index in [0.717, 1.165) is 4.90 Å². The summed E-state index contributed by atoms with van der Waals surface area (Å²) in [5.41, 5.74) is 0.505. The number of anilines is 1. The average Bonchev–Trinajstić information content (AvgIpc) is 3.00. The lowest BCUT2D eigenvalue weighted by atomic mass is 10.2. The molecule has 9 nitrogen and oxygen atoms in total. The van der Waals surface area contributed by atoms with Gasteiger partial charge in [-0.1, -0.05) is 6.07 Å². The smallest absolute Gasteiger partial charge is 0.411 e. The second-order valence-electron chi connectivity index (χ2n) is 5.20. The molecule has 0 aliphatic carbocycles. The monoisotopic (exact) mass is 349 g/mol. The van der Waals surface area contributed by atoms with Gasteiger partial charge in [0, 0.05) is 18.8 Å². The molecule has 1 fully saturated rings. The van der Waals surface area contributed by atoms with Gasteiger partial charge in [0.05, 0.1) is 12.2 Å². The van der Waals surface area contributed by atoms with Crippen molar-refractivity contribution in [1.82, 2.24) is 10.2 Å². The first-order chi connectivity index (χ1) is 11.9. The average molecular weight is 349 g/mol. The summed E-state index contributed by atoms with van der Waals surface area (Å²) in [6, 6.07) is 5.51. The minimum atomic E-state index is -1.11. The molecule has 1 atom stereocenters. The van der Waals surface area contributed by atoms with Crippen LogP contribution in [0.5, 0.6) is 0 Å². The van der Waals surface area contributed by atoms with Crippen LogP contribution in [0.3, 0.4) is 0 Å². The highest BCUT2D eigenvalue weighted by Gasteiger charge is 2.31. The van der Waals surface area contributed by atoms with Gasteiger partial charge in [0.1, 0.15) is 0 Å². The Morgan fingerprint density at radius 1 is 1.36 bits per heavy atom. The number of carbonyl (C=O) groups is 4. The zero-order chi connectivity index (χ0) is 18.4. The van der Waals surface area contributed by atoms with Crippen LogP contribution in [0.4, 0.5) is 15.3 Å². The van der Waals surface area contributed by atoms with E-state index < -0.39 is 30.1 Å². The van der Waals surface area contributed by atoms with Gasteiger partial charge in [0.2, 0.25) is 0 Å². The van der Waals surface area contributed by atoms with Crippen LogP contribution < -0.4 is 10.6 Å². The molecule has 25 heavy (non-hydrogen) atoms. The van der Waals surface area contributed by atoms with Crippen LogP contribution in [-0.4, -0.2) is 54.7 Å². The van der Waals surface area contributed by atoms with Crippen molar-refractivity contribution in [3.63, 3.8) is 0 Å². The molecule has 4 amide bonds. The van der Waals surface area contributed by atoms with Crippen molar-refractivity contribution < 1.29 is 28.7 Å². The van der Waals surface area contributed by atoms with Crippen LogP contribution in [0.15, 0.2) is 24.3 Å². The van der Waals surface area contributed by atoms with E-state index in [0.29, 0.717) is 12.2 Å². The van der Waals surface area contributed by atoms with Crippen molar-refractivity contribution in [3.8, 4) is 0 Å². The summed E-state index contributed by atoms with van der Waals surface area (Å²) in [6.45, 7) is 3.89. The van der Waals surface area contributed by atoms with Gasteiger partial charge in [-0.05, 0) is 32.0 Å². The van der Waals surface area contributed by atoms with E-state index in [1.165, 1.54) is 19.1 Å². The number of esters is 1. The number of imide groups is 1. The number of benzene rings is 1. The third-order valence-electron chi connectivity index (χ3n) is 3.37. The fourth-order valence-corrected chi connectivity index (χ4v) is 2.19. The molecule has 1 saturated heterocycles. The number of nitrogens with zero attached hydrogens (tertiary/aromatic N) is 1. The van der Waals surface area contributed by atoms with E-state index in [9.17, 15) is 19.2 Å². The quantitative estimate of drug-likeness (QED) is 0.776. The number of rotatable bonds is 5. The molecule has 134 valence electrons. The zero-order valence-electron chi connectivity index (χ0n) is 13.9. The van der Waals surface area contributed by atoms with Crippen molar-refractivity contribution >= 4 is 29.7 Å². The van der Waals surface area contributed by atoms with Gasteiger partial charge < -0.3 is 14.8 Å². The number of amides is 4. The molecule has 9 heteroatoms. The molecular formula is C16H19N3O6. The first-order valence-corrected chi connectivity index (χ1v) is 7.76. The Balaban J connectivity index is 1.99. The number of hydrogen-bond acceptors (Lipinski definition) is 6. The Morgan fingerprint density at radius 3 is 2.76 bits per heavy atom. The number of ether oxygens (including phenoxy) is 2. The van der Waals surface area contributed by atoms with Crippen LogP contribution in [0, 0.1) is 0 Å². The van der Waals surface area contributed by atoms with Gasteiger partial charge in [0.15, 0.2) is 6.10 Å². The lowest BCUT2D eigenvalue weighted by Crippen LogP contribution is -2.41. The summed E-state index contributed by atoms with van der Waals surface area (Å²) in [7, 11) is 0. The molecule has 0 aromatic heterocycles. The number of carbonyl (C=O) groups excluding carboxylic acids is 4. The maximum absolute atomic E-state index is 12.2. The molecule has 0 unspecified atom stereocenters. The Kier molecular flexibility index (Phi) is 5.93. The summed E-state index contributed by atoms with van der Waals surface area (Å²) in [6.07, 6.45) is -1.75. The fraction of sp³-hybridized carbons (Fsp3) is 0.375. The maximum Gasteiger partial charge on any atom is 0.411 e. The van der Waals surface area contributed by atoms with Gasteiger partial charge in [-0.2, -0.15) is 0 Å². The van der Waals surface area contributed by atoms with Gasteiger partial charge in [-0.15, -0.1) is 0 Å². The van der Waals surface area contributed by atoms with Gasteiger partial charge in [0.25, 0.3) is 5.91 Å².